The lowest BCUT2D eigenvalue weighted by molar-refractivity contribution is 0.406. The van der Waals surface area contributed by atoms with Crippen LogP contribution in [-0.2, 0) is 0 Å². The first kappa shape index (κ1) is 10.4. The third-order valence-electron chi connectivity index (χ3n) is 1.73. The van der Waals surface area contributed by atoms with Crippen LogP contribution in [0.15, 0.2) is 21.1 Å². The number of nitrogens with zero attached hydrogens (tertiary/aromatic N) is 1. The van der Waals surface area contributed by atoms with Gasteiger partial charge in [-0.3, -0.25) is 0 Å². The fourth-order valence-corrected chi connectivity index (χ4v) is 1.70. The molecule has 0 unspecified atom stereocenters. The number of rotatable bonds is 1. The van der Waals surface area contributed by atoms with E-state index in [4.69, 9.17) is 0 Å². The highest BCUT2D eigenvalue weighted by atomic mass is 79.9. The molecule has 0 aliphatic heterocycles. The Morgan fingerprint density at radius 1 is 1.40 bits per heavy atom. The molecule has 0 radical (unpaired) electrons. The zero-order valence-electron chi connectivity index (χ0n) is 7.05. The summed E-state index contributed by atoms with van der Waals surface area (Å²) in [4.78, 5) is 3.79. The number of hydrogen-bond acceptors (Lipinski definition) is 3. The summed E-state index contributed by atoms with van der Waals surface area (Å²) in [5.74, 6) is -1.67. The number of aromatic nitrogens is 2. The molecule has 2 aromatic rings. The van der Waals surface area contributed by atoms with Crippen LogP contribution in [0, 0.1) is 16.5 Å². The average molecular weight is 293 g/mol. The molecule has 0 bridgehead atoms. The van der Waals surface area contributed by atoms with E-state index in [2.05, 4.69) is 42.8 Å². The van der Waals surface area contributed by atoms with Gasteiger partial charge in [0.15, 0.2) is 17.5 Å². The van der Waals surface area contributed by atoms with Crippen molar-refractivity contribution in [3.05, 3.63) is 33.1 Å². The summed E-state index contributed by atoms with van der Waals surface area (Å²) in [6, 6.07) is 2.37. The molecular weight excluding hydrogens is 290 g/mol. The van der Waals surface area contributed by atoms with E-state index in [1.807, 2.05) is 0 Å². The zero-order valence-corrected chi connectivity index (χ0v) is 9.45. The predicted molar refractivity (Wildman–Crippen MR) is 54.7 cm³/mol. The third kappa shape index (κ3) is 1.84. The predicted octanol–water partition coefficient (Wildman–Crippen LogP) is 3.44. The van der Waals surface area contributed by atoms with E-state index in [0.717, 1.165) is 6.07 Å². The Bertz CT molecular complexity index is 566. The second-order valence-electron chi connectivity index (χ2n) is 2.65. The summed E-state index contributed by atoms with van der Waals surface area (Å²) < 4.78 is 30.6. The lowest BCUT2D eigenvalue weighted by Gasteiger charge is -2.01. The molecule has 1 aromatic heterocycles. The monoisotopic (exact) mass is 292 g/mol. The Morgan fingerprint density at radius 2 is 2.13 bits per heavy atom. The lowest BCUT2D eigenvalue weighted by atomic mass is 10.2. The standard InChI is InChI=1S/C8H3BrF2N2OS/c9-5-3(1-2-4(10)6(5)11)7-12-8(15)14-13-7/h1-2H,(H,12,13,15). The number of aromatic amines is 1. The van der Waals surface area contributed by atoms with Crippen molar-refractivity contribution in [2.75, 3.05) is 0 Å². The molecule has 2 rings (SSSR count). The number of H-pyrrole nitrogens is 1. The number of hydrogen-bond donors (Lipinski definition) is 1. The fourth-order valence-electron chi connectivity index (χ4n) is 1.05. The van der Waals surface area contributed by atoms with Gasteiger partial charge in [-0.2, -0.15) is 4.98 Å². The number of halogens is 3. The minimum absolute atomic E-state index is 0.00151. The summed E-state index contributed by atoms with van der Waals surface area (Å²) in [6.45, 7) is 0. The first-order chi connectivity index (χ1) is 7.09. The van der Waals surface area contributed by atoms with Crippen molar-refractivity contribution >= 4 is 28.1 Å². The van der Waals surface area contributed by atoms with Gasteiger partial charge >= 0.3 is 4.84 Å². The normalized spacial score (nSPS) is 10.6. The Labute approximate surface area is 96.2 Å². The molecule has 1 heterocycles. The van der Waals surface area contributed by atoms with Crippen molar-refractivity contribution in [2.24, 2.45) is 0 Å². The van der Waals surface area contributed by atoms with E-state index in [9.17, 15) is 8.78 Å². The minimum Gasteiger partial charge on any atom is -0.348 e. The second-order valence-corrected chi connectivity index (χ2v) is 3.80. The van der Waals surface area contributed by atoms with Crippen molar-refractivity contribution < 1.29 is 13.3 Å². The average Bonchev–Trinajstić information content (AvgIpc) is 2.61. The van der Waals surface area contributed by atoms with Crippen LogP contribution in [0.4, 0.5) is 8.78 Å². The summed E-state index contributed by atoms with van der Waals surface area (Å²) >= 11 is 7.57. The molecule has 1 aromatic carbocycles. The SMILES string of the molecule is Fc1ccc(-c2nc(=S)o[nH]2)c(Br)c1F. The van der Waals surface area contributed by atoms with Crippen LogP contribution >= 0.6 is 28.1 Å². The fraction of sp³-hybridized carbons (Fsp3) is 0. The van der Waals surface area contributed by atoms with Gasteiger partial charge in [-0.1, -0.05) is 0 Å². The Morgan fingerprint density at radius 3 is 2.73 bits per heavy atom. The van der Waals surface area contributed by atoms with Gasteiger partial charge < -0.3 is 4.52 Å². The molecule has 7 heteroatoms. The quantitative estimate of drug-likeness (QED) is 0.647. The summed E-state index contributed by atoms with van der Waals surface area (Å²) in [7, 11) is 0. The van der Waals surface area contributed by atoms with Crippen LogP contribution in [0.1, 0.15) is 0 Å². The van der Waals surface area contributed by atoms with E-state index in [0.29, 0.717) is 5.56 Å². The van der Waals surface area contributed by atoms with Gasteiger partial charge in [-0.15, -0.1) is 0 Å². The van der Waals surface area contributed by atoms with Crippen LogP contribution < -0.4 is 0 Å². The van der Waals surface area contributed by atoms with E-state index >= 15 is 0 Å². The van der Waals surface area contributed by atoms with Crippen molar-refractivity contribution in [1.29, 1.82) is 0 Å². The Balaban J connectivity index is 2.64. The van der Waals surface area contributed by atoms with E-state index < -0.39 is 11.6 Å². The van der Waals surface area contributed by atoms with Gasteiger partial charge in [0.2, 0.25) is 0 Å². The summed E-state index contributed by atoms with van der Waals surface area (Å²) in [5.41, 5.74) is 0.341. The first-order valence-corrected chi connectivity index (χ1v) is 4.99. The molecule has 15 heavy (non-hydrogen) atoms. The molecular formula is C8H3BrF2N2OS. The molecule has 0 saturated heterocycles. The highest BCUT2D eigenvalue weighted by Crippen LogP contribution is 2.29. The summed E-state index contributed by atoms with van der Waals surface area (Å²) in [5, 5.41) is 2.40. The maximum absolute atomic E-state index is 13.2. The molecule has 0 fully saturated rings. The van der Waals surface area contributed by atoms with Crippen LogP contribution in [0.2, 0.25) is 0 Å². The number of nitrogens with one attached hydrogen (secondary N) is 1. The van der Waals surface area contributed by atoms with Gasteiger partial charge in [0, 0.05) is 5.56 Å². The largest absolute Gasteiger partial charge is 0.348 e. The van der Waals surface area contributed by atoms with Gasteiger partial charge in [0.05, 0.1) is 4.47 Å². The highest BCUT2D eigenvalue weighted by Gasteiger charge is 2.14. The molecule has 0 saturated carbocycles. The van der Waals surface area contributed by atoms with Gasteiger partial charge in [0.25, 0.3) is 0 Å². The lowest BCUT2D eigenvalue weighted by Crippen LogP contribution is -1.90. The topological polar surface area (TPSA) is 41.8 Å². The molecule has 0 atom stereocenters. The van der Waals surface area contributed by atoms with E-state index in [1.165, 1.54) is 6.07 Å². The maximum atomic E-state index is 13.2. The molecule has 0 aliphatic rings. The van der Waals surface area contributed by atoms with Crippen molar-refractivity contribution in [1.82, 2.24) is 10.1 Å². The molecule has 0 amide bonds. The van der Waals surface area contributed by atoms with Crippen molar-refractivity contribution in [2.45, 2.75) is 0 Å². The van der Waals surface area contributed by atoms with Crippen molar-refractivity contribution in [3.63, 3.8) is 0 Å². The first-order valence-electron chi connectivity index (χ1n) is 3.79. The number of benzene rings is 1. The van der Waals surface area contributed by atoms with Gasteiger partial charge in [-0.05, 0) is 40.3 Å². The highest BCUT2D eigenvalue weighted by molar-refractivity contribution is 9.10. The third-order valence-corrected chi connectivity index (χ3v) is 2.68. The Kier molecular flexibility index (Phi) is 2.66. The zero-order chi connectivity index (χ0) is 11.0. The smallest absolute Gasteiger partial charge is 0.314 e. The van der Waals surface area contributed by atoms with Crippen LogP contribution in [0.3, 0.4) is 0 Å². The molecule has 0 aliphatic carbocycles. The van der Waals surface area contributed by atoms with E-state index in [-0.39, 0.29) is 15.1 Å². The molecule has 0 spiro atoms. The molecule has 3 nitrogen and oxygen atoms in total. The van der Waals surface area contributed by atoms with Crippen LogP contribution in [0.5, 0.6) is 0 Å². The van der Waals surface area contributed by atoms with Crippen LogP contribution in [0.25, 0.3) is 11.4 Å². The molecule has 78 valence electrons. The second kappa shape index (κ2) is 3.82. The minimum atomic E-state index is -0.977. The van der Waals surface area contributed by atoms with Crippen molar-refractivity contribution in [3.8, 4) is 11.4 Å². The molecule has 1 N–H and O–H groups in total. The van der Waals surface area contributed by atoms with E-state index in [1.54, 1.807) is 0 Å². The van der Waals surface area contributed by atoms with Gasteiger partial charge in [-0.25, -0.2) is 13.9 Å². The maximum Gasteiger partial charge on any atom is 0.314 e. The Hall–Kier alpha value is -1.08. The van der Waals surface area contributed by atoms with Crippen LogP contribution in [-0.4, -0.2) is 10.1 Å². The summed E-state index contributed by atoms with van der Waals surface area (Å²) in [6.07, 6.45) is 0. The van der Waals surface area contributed by atoms with Gasteiger partial charge in [0.1, 0.15) is 0 Å².